The smallest absolute Gasteiger partial charge is 0.377 e. The highest BCUT2D eigenvalue weighted by Crippen LogP contribution is 2.16. The van der Waals surface area contributed by atoms with E-state index in [0.29, 0.717) is 23.8 Å². The van der Waals surface area contributed by atoms with E-state index in [4.69, 9.17) is 25.5 Å². The van der Waals surface area contributed by atoms with Crippen molar-refractivity contribution in [1.82, 2.24) is 0 Å². The summed E-state index contributed by atoms with van der Waals surface area (Å²) in [5.74, 6) is 0.0858. The molecule has 4 nitrogen and oxygen atoms in total. The Labute approximate surface area is 129 Å². The molecular weight excluding hydrogens is 292 g/mol. The van der Waals surface area contributed by atoms with Gasteiger partial charge in [-0.25, -0.2) is 0 Å². The van der Waals surface area contributed by atoms with Crippen molar-refractivity contribution in [3.63, 3.8) is 0 Å². The van der Waals surface area contributed by atoms with Crippen LogP contribution in [0.4, 0.5) is 0 Å². The quantitative estimate of drug-likeness (QED) is 0.295. The van der Waals surface area contributed by atoms with E-state index in [-0.39, 0.29) is 5.78 Å². The lowest BCUT2D eigenvalue weighted by Crippen LogP contribution is -2.43. The van der Waals surface area contributed by atoms with Gasteiger partial charge in [-0.1, -0.05) is 44.8 Å². The van der Waals surface area contributed by atoms with Gasteiger partial charge in [0.25, 0.3) is 0 Å². The van der Waals surface area contributed by atoms with Crippen LogP contribution in [0.15, 0.2) is 0 Å². The number of unbranched alkanes of at least 4 members (excludes halogenated alkanes) is 4. The second kappa shape index (κ2) is 11.5. The Morgan fingerprint density at radius 1 is 0.950 bits per heavy atom. The molecule has 0 aliphatic carbocycles. The lowest BCUT2D eigenvalue weighted by molar-refractivity contribution is -0.113. The van der Waals surface area contributed by atoms with Crippen LogP contribution >= 0.6 is 12.2 Å². The number of carbonyl (C=O) groups is 1. The van der Waals surface area contributed by atoms with Gasteiger partial charge >= 0.3 is 8.80 Å². The third-order valence-electron chi connectivity index (χ3n) is 3.41. The van der Waals surface area contributed by atoms with Gasteiger partial charge in [0.1, 0.15) is 0 Å². The molecule has 0 N–H and O–H groups in total. The summed E-state index contributed by atoms with van der Waals surface area (Å²) < 4.78 is 15.9. The molecule has 0 aliphatic heterocycles. The van der Waals surface area contributed by atoms with E-state index in [1.807, 2.05) is 0 Å². The van der Waals surface area contributed by atoms with Crippen LogP contribution in [0.5, 0.6) is 0 Å². The van der Waals surface area contributed by atoms with E-state index >= 15 is 0 Å². The van der Waals surface area contributed by atoms with Gasteiger partial charge in [0.2, 0.25) is 0 Å². The highest BCUT2D eigenvalue weighted by molar-refractivity contribution is 7.82. The van der Waals surface area contributed by atoms with Crippen LogP contribution in [0, 0.1) is 0 Å². The molecule has 0 unspecified atom stereocenters. The van der Waals surface area contributed by atoms with Gasteiger partial charge in [-0.05, 0) is 12.8 Å². The van der Waals surface area contributed by atoms with Crippen LogP contribution < -0.4 is 0 Å². The lowest BCUT2D eigenvalue weighted by atomic mass is 10.1. The number of hydrogen-bond donors (Lipinski definition) is 0. The number of rotatable bonds is 13. The zero-order valence-electron chi connectivity index (χ0n) is 13.2. The molecule has 0 saturated heterocycles. The van der Waals surface area contributed by atoms with Crippen LogP contribution in [0.1, 0.15) is 51.9 Å². The standard InChI is InChI=1S/C14H28O4SSi/c1-5-6-7-8-9-10-13(15)14(19)11-12-20(16-2,17-3)18-4/h5-12H2,1-4H3. The number of hydrogen-bond acceptors (Lipinski definition) is 5. The number of carbonyl (C=O) groups excluding carboxylic acids is 1. The monoisotopic (exact) mass is 320 g/mol. The Kier molecular flexibility index (Phi) is 11.4. The van der Waals surface area contributed by atoms with Crippen LogP contribution in [0.2, 0.25) is 6.04 Å². The van der Waals surface area contributed by atoms with E-state index in [2.05, 4.69) is 6.92 Å². The third-order valence-corrected chi connectivity index (χ3v) is 6.57. The topological polar surface area (TPSA) is 44.8 Å². The molecule has 20 heavy (non-hydrogen) atoms. The van der Waals surface area contributed by atoms with Gasteiger partial charge in [-0.2, -0.15) is 0 Å². The number of thiocarbonyl (C=S) groups is 1. The molecule has 0 amide bonds. The molecule has 0 aromatic carbocycles. The molecule has 0 radical (unpaired) electrons. The molecule has 0 aromatic rings. The molecule has 0 bridgehead atoms. The molecular formula is C14H28O4SSi. The largest absolute Gasteiger partial charge is 0.500 e. The summed E-state index contributed by atoms with van der Waals surface area (Å²) in [6, 6.07) is 0.552. The summed E-state index contributed by atoms with van der Waals surface area (Å²) in [4.78, 5) is 12.4. The van der Waals surface area contributed by atoms with Crippen molar-refractivity contribution in [2.45, 2.75) is 57.9 Å². The van der Waals surface area contributed by atoms with Crippen molar-refractivity contribution >= 4 is 31.7 Å². The summed E-state index contributed by atoms with van der Waals surface area (Å²) in [7, 11) is 2.09. The summed E-state index contributed by atoms with van der Waals surface area (Å²) in [5.41, 5.74) is 0. The van der Waals surface area contributed by atoms with Crippen LogP contribution in [-0.4, -0.2) is 40.8 Å². The van der Waals surface area contributed by atoms with Crippen LogP contribution in [0.25, 0.3) is 0 Å². The fourth-order valence-electron chi connectivity index (χ4n) is 1.99. The van der Waals surface area contributed by atoms with Gasteiger partial charge in [0, 0.05) is 33.8 Å². The summed E-state index contributed by atoms with van der Waals surface area (Å²) >= 11 is 5.20. The molecule has 0 fully saturated rings. The molecule has 0 aromatic heterocycles. The Hall–Kier alpha value is -0.143. The minimum absolute atomic E-state index is 0.0858. The third kappa shape index (κ3) is 7.59. The van der Waals surface area contributed by atoms with Gasteiger partial charge in [-0.3, -0.25) is 4.79 Å². The predicted octanol–water partition coefficient (Wildman–Crippen LogP) is 3.55. The van der Waals surface area contributed by atoms with Crippen molar-refractivity contribution in [2.75, 3.05) is 21.3 Å². The zero-order valence-corrected chi connectivity index (χ0v) is 15.0. The fraction of sp³-hybridized carbons (Fsp3) is 0.857. The molecule has 0 spiro atoms. The Morgan fingerprint density at radius 2 is 1.50 bits per heavy atom. The van der Waals surface area contributed by atoms with Gasteiger partial charge < -0.3 is 13.3 Å². The second-order valence-electron chi connectivity index (χ2n) is 4.81. The highest BCUT2D eigenvalue weighted by Gasteiger charge is 2.37. The van der Waals surface area contributed by atoms with Gasteiger partial charge in [0.05, 0.1) is 4.86 Å². The van der Waals surface area contributed by atoms with Crippen molar-refractivity contribution in [3.8, 4) is 0 Å². The van der Waals surface area contributed by atoms with E-state index in [9.17, 15) is 4.79 Å². The molecule has 0 saturated carbocycles. The predicted molar refractivity (Wildman–Crippen MR) is 87.2 cm³/mol. The van der Waals surface area contributed by atoms with Crippen molar-refractivity contribution in [3.05, 3.63) is 0 Å². The Bertz CT molecular complexity index is 285. The normalized spacial score (nSPS) is 11.6. The first kappa shape index (κ1) is 19.9. The van der Waals surface area contributed by atoms with E-state index in [0.717, 1.165) is 12.8 Å². The lowest BCUT2D eigenvalue weighted by Gasteiger charge is -2.24. The maximum Gasteiger partial charge on any atom is 0.500 e. The average molecular weight is 321 g/mol. The Balaban J connectivity index is 3.98. The molecule has 0 aliphatic rings. The van der Waals surface area contributed by atoms with Crippen LogP contribution in [0.3, 0.4) is 0 Å². The first-order valence-corrected chi connectivity index (χ1v) is 9.60. The van der Waals surface area contributed by atoms with Gasteiger partial charge in [0.15, 0.2) is 5.78 Å². The molecule has 0 atom stereocenters. The Morgan fingerprint density at radius 3 is 2.00 bits per heavy atom. The fourth-order valence-corrected chi connectivity index (χ4v) is 4.04. The summed E-state index contributed by atoms with van der Waals surface area (Å²) in [5, 5.41) is 0. The highest BCUT2D eigenvalue weighted by atomic mass is 32.1. The average Bonchev–Trinajstić information content (AvgIpc) is 2.48. The van der Waals surface area contributed by atoms with Crippen molar-refractivity contribution in [2.24, 2.45) is 0 Å². The summed E-state index contributed by atoms with van der Waals surface area (Å²) in [6.07, 6.45) is 6.75. The van der Waals surface area contributed by atoms with E-state index in [1.54, 1.807) is 21.3 Å². The van der Waals surface area contributed by atoms with Crippen LogP contribution in [-0.2, 0) is 18.1 Å². The molecule has 118 valence electrons. The van der Waals surface area contributed by atoms with Crippen molar-refractivity contribution < 1.29 is 18.1 Å². The molecule has 6 heteroatoms. The minimum Gasteiger partial charge on any atom is -0.377 e. The second-order valence-corrected chi connectivity index (χ2v) is 8.39. The first-order chi connectivity index (χ1) is 9.55. The maximum atomic E-state index is 11.9. The van der Waals surface area contributed by atoms with E-state index in [1.165, 1.54) is 19.3 Å². The zero-order chi connectivity index (χ0) is 15.4. The molecule has 0 rings (SSSR count). The maximum absolute atomic E-state index is 11.9. The molecule has 0 heterocycles. The minimum atomic E-state index is -2.61. The van der Waals surface area contributed by atoms with E-state index < -0.39 is 8.80 Å². The van der Waals surface area contributed by atoms with Gasteiger partial charge in [-0.15, -0.1) is 0 Å². The van der Waals surface area contributed by atoms with Crippen molar-refractivity contribution in [1.29, 1.82) is 0 Å². The number of Topliss-reactive ketones (excluding diaryl/α,β-unsaturated/α-hetero) is 1. The summed E-state index contributed by atoms with van der Waals surface area (Å²) in [6.45, 7) is 2.18. The first-order valence-electron chi connectivity index (χ1n) is 7.26. The number of ketones is 1. The SMILES string of the molecule is CCCCCCCC(=O)C(=S)CC[Si](OC)(OC)OC.